The molecular weight excluding hydrogens is 210 g/mol. The van der Waals surface area contributed by atoms with E-state index in [0.717, 1.165) is 0 Å². The largest absolute Gasteiger partial charge is 0.349 e. The number of rotatable bonds is 1. The summed E-state index contributed by atoms with van der Waals surface area (Å²) in [5.41, 5.74) is 0. The summed E-state index contributed by atoms with van der Waals surface area (Å²) in [6.45, 7) is 0.0213. The molecule has 0 spiro atoms. The highest BCUT2D eigenvalue weighted by molar-refractivity contribution is 6.32. The highest BCUT2D eigenvalue weighted by Crippen LogP contribution is 2.32. The maximum Gasteiger partial charge on any atom is 0.266 e. The van der Waals surface area contributed by atoms with Crippen LogP contribution < -0.4 is 4.90 Å². The standard InChI is InChI=1S/C9H9ClF2N2/c10-7-2-1-4-13-8(7)14-5-3-9(11,12)6-14/h1-2,4H,3,5-6H2. The predicted molar refractivity (Wildman–Crippen MR) is 51.0 cm³/mol. The van der Waals surface area contributed by atoms with Crippen molar-refractivity contribution in [1.29, 1.82) is 0 Å². The van der Waals surface area contributed by atoms with Crippen molar-refractivity contribution in [3.8, 4) is 0 Å². The lowest BCUT2D eigenvalue weighted by Gasteiger charge is -2.17. The second kappa shape index (κ2) is 3.35. The lowest BCUT2D eigenvalue weighted by molar-refractivity contribution is 0.0257. The molecule has 0 aromatic carbocycles. The molecule has 14 heavy (non-hydrogen) atoms. The van der Waals surface area contributed by atoms with Crippen molar-refractivity contribution in [2.24, 2.45) is 0 Å². The Morgan fingerprint density at radius 3 is 2.86 bits per heavy atom. The van der Waals surface area contributed by atoms with Crippen molar-refractivity contribution in [2.45, 2.75) is 12.3 Å². The zero-order valence-corrected chi connectivity index (χ0v) is 8.14. The van der Waals surface area contributed by atoms with Crippen LogP contribution in [-0.2, 0) is 0 Å². The Bertz CT molecular complexity index is 343. The van der Waals surface area contributed by atoms with Gasteiger partial charge in [-0.1, -0.05) is 11.6 Å². The van der Waals surface area contributed by atoms with E-state index >= 15 is 0 Å². The molecule has 76 valence electrons. The summed E-state index contributed by atoms with van der Waals surface area (Å²) in [4.78, 5) is 5.50. The van der Waals surface area contributed by atoms with Crippen LogP contribution in [0, 0.1) is 0 Å². The molecule has 0 saturated carbocycles. The van der Waals surface area contributed by atoms with Gasteiger partial charge in [-0.25, -0.2) is 13.8 Å². The number of alkyl halides is 2. The van der Waals surface area contributed by atoms with E-state index in [9.17, 15) is 8.78 Å². The third-order valence-corrected chi connectivity index (χ3v) is 2.50. The topological polar surface area (TPSA) is 16.1 Å². The zero-order chi connectivity index (χ0) is 10.2. The fourth-order valence-electron chi connectivity index (χ4n) is 1.53. The highest BCUT2D eigenvalue weighted by Gasteiger charge is 2.39. The van der Waals surface area contributed by atoms with E-state index < -0.39 is 5.92 Å². The quantitative estimate of drug-likeness (QED) is 0.720. The third kappa shape index (κ3) is 1.80. The van der Waals surface area contributed by atoms with Crippen LogP contribution in [0.4, 0.5) is 14.6 Å². The SMILES string of the molecule is FC1(F)CCN(c2ncccc2Cl)C1. The fourth-order valence-corrected chi connectivity index (χ4v) is 1.77. The molecule has 0 atom stereocenters. The number of hydrogen-bond donors (Lipinski definition) is 0. The van der Waals surface area contributed by atoms with Crippen LogP contribution in [0.15, 0.2) is 18.3 Å². The van der Waals surface area contributed by atoms with Gasteiger partial charge in [0.1, 0.15) is 5.82 Å². The summed E-state index contributed by atoms with van der Waals surface area (Å²) in [6, 6.07) is 3.33. The van der Waals surface area contributed by atoms with Gasteiger partial charge in [0.2, 0.25) is 0 Å². The van der Waals surface area contributed by atoms with Crippen molar-refractivity contribution >= 4 is 17.4 Å². The van der Waals surface area contributed by atoms with Crippen LogP contribution >= 0.6 is 11.6 Å². The molecule has 1 aliphatic rings. The number of anilines is 1. The van der Waals surface area contributed by atoms with Gasteiger partial charge in [0, 0.05) is 19.2 Å². The van der Waals surface area contributed by atoms with E-state index in [1.807, 2.05) is 0 Å². The molecule has 1 aromatic rings. The second-order valence-electron chi connectivity index (χ2n) is 3.34. The molecular formula is C9H9ClF2N2. The maximum atomic E-state index is 12.9. The summed E-state index contributed by atoms with van der Waals surface area (Å²) in [6.07, 6.45) is 1.43. The Morgan fingerprint density at radius 1 is 1.50 bits per heavy atom. The van der Waals surface area contributed by atoms with Gasteiger partial charge < -0.3 is 4.90 Å². The Balaban J connectivity index is 2.22. The first-order valence-electron chi connectivity index (χ1n) is 4.32. The molecule has 0 amide bonds. The number of aromatic nitrogens is 1. The number of hydrogen-bond acceptors (Lipinski definition) is 2. The molecule has 2 rings (SSSR count). The predicted octanol–water partition coefficient (Wildman–Crippen LogP) is 2.58. The lowest BCUT2D eigenvalue weighted by Crippen LogP contribution is -2.25. The molecule has 0 radical (unpaired) electrons. The first-order chi connectivity index (χ1) is 6.58. The normalized spacial score (nSPS) is 20.1. The van der Waals surface area contributed by atoms with Crippen LogP contribution in [0.25, 0.3) is 0 Å². The maximum absolute atomic E-state index is 12.9. The van der Waals surface area contributed by atoms with Crippen molar-refractivity contribution < 1.29 is 8.78 Å². The monoisotopic (exact) mass is 218 g/mol. The molecule has 1 aliphatic heterocycles. The first kappa shape index (κ1) is 9.65. The van der Waals surface area contributed by atoms with E-state index in [1.54, 1.807) is 18.3 Å². The van der Waals surface area contributed by atoms with Crippen molar-refractivity contribution in [1.82, 2.24) is 4.98 Å². The molecule has 1 saturated heterocycles. The minimum atomic E-state index is -2.61. The number of nitrogens with zero attached hydrogens (tertiary/aromatic N) is 2. The summed E-state index contributed by atoms with van der Waals surface area (Å²) in [5, 5.41) is 0.421. The van der Waals surface area contributed by atoms with Gasteiger partial charge in [-0.05, 0) is 12.1 Å². The summed E-state index contributed by atoms with van der Waals surface area (Å²) in [5.74, 6) is -2.16. The van der Waals surface area contributed by atoms with E-state index in [0.29, 0.717) is 17.4 Å². The highest BCUT2D eigenvalue weighted by atomic mass is 35.5. The molecule has 2 nitrogen and oxygen atoms in total. The van der Waals surface area contributed by atoms with E-state index in [-0.39, 0.29) is 13.0 Å². The van der Waals surface area contributed by atoms with Gasteiger partial charge in [-0.3, -0.25) is 0 Å². The van der Waals surface area contributed by atoms with E-state index in [2.05, 4.69) is 4.98 Å². The molecule has 1 aromatic heterocycles. The van der Waals surface area contributed by atoms with Gasteiger partial charge in [-0.2, -0.15) is 0 Å². The van der Waals surface area contributed by atoms with Gasteiger partial charge in [0.15, 0.2) is 0 Å². The minimum absolute atomic E-state index is 0.125. The Hall–Kier alpha value is -0.900. The van der Waals surface area contributed by atoms with Crippen LogP contribution in [-0.4, -0.2) is 24.0 Å². The van der Waals surface area contributed by atoms with E-state index in [1.165, 1.54) is 4.90 Å². The van der Waals surface area contributed by atoms with Gasteiger partial charge >= 0.3 is 0 Å². The third-order valence-electron chi connectivity index (χ3n) is 2.21. The summed E-state index contributed by atoms with van der Waals surface area (Å²) < 4.78 is 25.8. The lowest BCUT2D eigenvalue weighted by atomic mass is 10.3. The molecule has 0 unspecified atom stereocenters. The van der Waals surface area contributed by atoms with Crippen LogP contribution in [0.1, 0.15) is 6.42 Å². The van der Waals surface area contributed by atoms with Crippen molar-refractivity contribution in [2.75, 3.05) is 18.0 Å². The minimum Gasteiger partial charge on any atom is -0.349 e. The van der Waals surface area contributed by atoms with Crippen LogP contribution in [0.3, 0.4) is 0 Å². The van der Waals surface area contributed by atoms with Gasteiger partial charge in [-0.15, -0.1) is 0 Å². The fraction of sp³-hybridized carbons (Fsp3) is 0.444. The van der Waals surface area contributed by atoms with Crippen molar-refractivity contribution in [3.05, 3.63) is 23.4 Å². The van der Waals surface area contributed by atoms with Gasteiger partial charge in [0.25, 0.3) is 5.92 Å². The smallest absolute Gasteiger partial charge is 0.266 e. The summed E-state index contributed by atoms with van der Waals surface area (Å²) >= 11 is 5.85. The molecule has 2 heterocycles. The van der Waals surface area contributed by atoms with Gasteiger partial charge in [0.05, 0.1) is 11.6 Å². The molecule has 1 fully saturated rings. The van der Waals surface area contributed by atoms with E-state index in [4.69, 9.17) is 11.6 Å². The van der Waals surface area contributed by atoms with Crippen LogP contribution in [0.2, 0.25) is 5.02 Å². The first-order valence-corrected chi connectivity index (χ1v) is 4.70. The zero-order valence-electron chi connectivity index (χ0n) is 7.38. The molecule has 5 heteroatoms. The second-order valence-corrected chi connectivity index (χ2v) is 3.74. The Morgan fingerprint density at radius 2 is 2.29 bits per heavy atom. The molecule has 0 bridgehead atoms. The average molecular weight is 219 g/mol. The summed E-state index contributed by atoms with van der Waals surface area (Å²) in [7, 11) is 0. The van der Waals surface area contributed by atoms with Crippen molar-refractivity contribution in [3.63, 3.8) is 0 Å². The Kier molecular flexibility index (Phi) is 2.31. The number of halogens is 3. The Labute approximate surface area is 85.5 Å². The number of pyridine rings is 1. The molecule has 0 aliphatic carbocycles. The van der Waals surface area contributed by atoms with Crippen LogP contribution in [0.5, 0.6) is 0 Å². The average Bonchev–Trinajstić information content (AvgIpc) is 2.47. The molecule has 0 N–H and O–H groups in total.